The van der Waals surface area contributed by atoms with Crippen molar-refractivity contribution in [2.75, 3.05) is 12.4 Å². The predicted molar refractivity (Wildman–Crippen MR) is 75.4 cm³/mol. The van der Waals surface area contributed by atoms with E-state index in [4.69, 9.17) is 0 Å². The first kappa shape index (κ1) is 14.0. The summed E-state index contributed by atoms with van der Waals surface area (Å²) < 4.78 is 4.66. The van der Waals surface area contributed by atoms with Gasteiger partial charge in [0.1, 0.15) is 4.88 Å². The molecule has 104 valence electrons. The largest absolute Gasteiger partial charge is 0.465 e. The van der Waals surface area contributed by atoms with Crippen molar-refractivity contribution < 1.29 is 14.3 Å². The highest BCUT2D eigenvalue weighted by molar-refractivity contribution is 7.12. The number of H-pyrrole nitrogens is 1. The fourth-order valence-electron chi connectivity index (χ4n) is 1.61. The summed E-state index contributed by atoms with van der Waals surface area (Å²) >= 11 is 1.19. The van der Waals surface area contributed by atoms with E-state index in [9.17, 15) is 14.4 Å². The van der Waals surface area contributed by atoms with Gasteiger partial charge in [-0.15, -0.1) is 11.3 Å². The molecule has 20 heavy (non-hydrogen) atoms. The Morgan fingerprint density at radius 3 is 2.80 bits per heavy atom. The lowest BCUT2D eigenvalue weighted by molar-refractivity contribution is 0.0607. The van der Waals surface area contributed by atoms with Crippen molar-refractivity contribution in [3.63, 3.8) is 0 Å². The first-order chi connectivity index (χ1) is 9.52. The van der Waals surface area contributed by atoms with Gasteiger partial charge in [-0.3, -0.25) is 9.59 Å². The van der Waals surface area contributed by atoms with Gasteiger partial charge in [-0.25, -0.2) is 4.79 Å². The number of rotatable bonds is 3. The zero-order valence-corrected chi connectivity index (χ0v) is 11.7. The molecule has 2 rings (SSSR count). The Kier molecular flexibility index (Phi) is 3.99. The van der Waals surface area contributed by atoms with Gasteiger partial charge in [0, 0.05) is 17.8 Å². The molecule has 2 heterocycles. The van der Waals surface area contributed by atoms with Crippen LogP contribution in [0, 0.1) is 6.92 Å². The highest BCUT2D eigenvalue weighted by Crippen LogP contribution is 2.28. The highest BCUT2D eigenvalue weighted by atomic mass is 32.1. The lowest BCUT2D eigenvalue weighted by Gasteiger charge is -2.07. The zero-order chi connectivity index (χ0) is 14.7. The maximum Gasteiger partial charge on any atom is 0.350 e. The van der Waals surface area contributed by atoms with Gasteiger partial charge in [-0.1, -0.05) is 0 Å². The molecule has 0 fully saturated rings. The van der Waals surface area contributed by atoms with Gasteiger partial charge < -0.3 is 15.0 Å². The maximum absolute atomic E-state index is 12.1. The van der Waals surface area contributed by atoms with Crippen LogP contribution in [0.15, 0.2) is 28.5 Å². The number of aromatic nitrogens is 1. The lowest BCUT2D eigenvalue weighted by Crippen LogP contribution is -2.17. The minimum atomic E-state index is -0.510. The number of ether oxygens (including phenoxy) is 1. The SMILES string of the molecule is COC(=O)c1scc(C)c1NC(=O)c1cc[nH]c(=O)c1. The Morgan fingerprint density at radius 1 is 1.40 bits per heavy atom. The van der Waals surface area contributed by atoms with Crippen LogP contribution in [-0.2, 0) is 4.74 Å². The molecule has 0 spiro atoms. The first-order valence-electron chi connectivity index (χ1n) is 5.69. The molecule has 0 aromatic carbocycles. The fourth-order valence-corrected chi connectivity index (χ4v) is 2.54. The van der Waals surface area contributed by atoms with Crippen LogP contribution >= 0.6 is 11.3 Å². The van der Waals surface area contributed by atoms with Gasteiger partial charge in [-0.2, -0.15) is 0 Å². The number of anilines is 1. The van der Waals surface area contributed by atoms with Crippen molar-refractivity contribution in [1.29, 1.82) is 0 Å². The number of pyridine rings is 1. The van der Waals surface area contributed by atoms with Gasteiger partial charge in [0.25, 0.3) is 5.91 Å². The summed E-state index contributed by atoms with van der Waals surface area (Å²) in [7, 11) is 1.28. The normalized spacial score (nSPS) is 10.1. The second-order valence-corrected chi connectivity index (χ2v) is 4.89. The Hall–Kier alpha value is -2.41. The molecule has 0 aliphatic carbocycles. The van der Waals surface area contributed by atoms with Crippen molar-refractivity contribution >= 4 is 28.9 Å². The number of nitrogens with one attached hydrogen (secondary N) is 2. The van der Waals surface area contributed by atoms with Crippen LogP contribution in [0.5, 0.6) is 0 Å². The third-order valence-corrected chi connectivity index (χ3v) is 3.70. The van der Waals surface area contributed by atoms with Crippen molar-refractivity contribution in [1.82, 2.24) is 4.98 Å². The molecule has 7 heteroatoms. The lowest BCUT2D eigenvalue weighted by atomic mass is 10.2. The second kappa shape index (κ2) is 5.70. The van der Waals surface area contributed by atoms with Crippen LogP contribution in [0.1, 0.15) is 25.6 Å². The van der Waals surface area contributed by atoms with Crippen LogP contribution in [-0.4, -0.2) is 24.0 Å². The number of carbonyl (C=O) groups is 2. The number of hydrogen-bond acceptors (Lipinski definition) is 5. The molecule has 2 aromatic heterocycles. The minimum Gasteiger partial charge on any atom is -0.465 e. The molecule has 0 aliphatic heterocycles. The van der Waals surface area contributed by atoms with Crippen LogP contribution < -0.4 is 10.9 Å². The van der Waals surface area contributed by atoms with E-state index in [-0.39, 0.29) is 11.1 Å². The summed E-state index contributed by atoms with van der Waals surface area (Å²) in [5.74, 6) is -0.966. The van der Waals surface area contributed by atoms with Gasteiger partial charge in [0.05, 0.1) is 12.8 Å². The number of methoxy groups -OCH3 is 1. The molecular formula is C13H12N2O4S. The van der Waals surface area contributed by atoms with Gasteiger partial charge >= 0.3 is 5.97 Å². The van der Waals surface area contributed by atoms with Crippen LogP contribution in [0.2, 0.25) is 0 Å². The summed E-state index contributed by atoms with van der Waals surface area (Å²) in [6, 6.07) is 2.67. The summed E-state index contributed by atoms with van der Waals surface area (Å²) in [6.45, 7) is 1.77. The van der Waals surface area contributed by atoms with E-state index in [1.165, 1.54) is 36.8 Å². The molecule has 0 unspecified atom stereocenters. The maximum atomic E-state index is 12.1. The molecule has 1 amide bonds. The highest BCUT2D eigenvalue weighted by Gasteiger charge is 2.19. The average Bonchev–Trinajstić information content (AvgIpc) is 2.79. The van der Waals surface area contributed by atoms with Crippen molar-refractivity contribution in [2.24, 2.45) is 0 Å². The molecule has 0 aliphatic rings. The Labute approximate surface area is 118 Å². The number of esters is 1. The fraction of sp³-hybridized carbons (Fsp3) is 0.154. The standard InChI is InChI=1S/C13H12N2O4S/c1-7-6-20-11(13(18)19-2)10(7)15-12(17)8-3-4-14-9(16)5-8/h3-6H,1-2H3,(H,14,16)(H,15,17). The Balaban J connectivity index is 2.30. The van der Waals surface area contributed by atoms with E-state index in [0.717, 1.165) is 5.56 Å². The minimum absolute atomic E-state index is 0.218. The molecule has 6 nitrogen and oxygen atoms in total. The van der Waals surface area contributed by atoms with Crippen molar-refractivity contribution in [3.05, 3.63) is 50.1 Å². The molecular weight excluding hydrogens is 280 g/mol. The molecule has 0 bridgehead atoms. The first-order valence-corrected chi connectivity index (χ1v) is 6.57. The Morgan fingerprint density at radius 2 is 2.15 bits per heavy atom. The molecule has 2 aromatic rings. The predicted octanol–water partition coefficient (Wildman–Crippen LogP) is 1.78. The summed E-state index contributed by atoms with van der Waals surface area (Å²) in [4.78, 5) is 37.6. The number of aromatic amines is 1. The Bertz CT molecular complexity index is 717. The van der Waals surface area contributed by atoms with E-state index in [1.807, 2.05) is 0 Å². The number of carbonyl (C=O) groups excluding carboxylic acids is 2. The van der Waals surface area contributed by atoms with E-state index in [0.29, 0.717) is 10.6 Å². The number of thiophene rings is 1. The average molecular weight is 292 g/mol. The summed E-state index contributed by atoms with van der Waals surface area (Å²) in [5, 5.41) is 4.39. The van der Waals surface area contributed by atoms with E-state index in [1.54, 1.807) is 12.3 Å². The van der Waals surface area contributed by atoms with E-state index < -0.39 is 11.9 Å². The summed E-state index contributed by atoms with van der Waals surface area (Å²) in [6.07, 6.45) is 1.39. The van der Waals surface area contributed by atoms with Crippen molar-refractivity contribution in [3.8, 4) is 0 Å². The van der Waals surface area contributed by atoms with E-state index in [2.05, 4.69) is 15.0 Å². The van der Waals surface area contributed by atoms with Crippen LogP contribution in [0.4, 0.5) is 5.69 Å². The van der Waals surface area contributed by atoms with E-state index >= 15 is 0 Å². The summed E-state index contributed by atoms with van der Waals surface area (Å²) in [5.41, 5.74) is 1.02. The van der Waals surface area contributed by atoms with Crippen molar-refractivity contribution in [2.45, 2.75) is 6.92 Å². The third-order valence-electron chi connectivity index (χ3n) is 2.62. The molecule has 0 atom stereocenters. The molecule has 0 saturated carbocycles. The number of amides is 1. The quantitative estimate of drug-likeness (QED) is 0.844. The molecule has 2 N–H and O–H groups in total. The van der Waals surface area contributed by atoms with Gasteiger partial charge in [0.15, 0.2) is 0 Å². The monoisotopic (exact) mass is 292 g/mol. The number of hydrogen-bond donors (Lipinski definition) is 2. The third kappa shape index (κ3) is 2.77. The number of aryl methyl sites for hydroxylation is 1. The van der Waals surface area contributed by atoms with Crippen LogP contribution in [0.25, 0.3) is 0 Å². The van der Waals surface area contributed by atoms with Gasteiger partial charge in [-0.05, 0) is 23.9 Å². The smallest absolute Gasteiger partial charge is 0.350 e. The molecule has 0 radical (unpaired) electrons. The molecule has 0 saturated heterocycles. The van der Waals surface area contributed by atoms with Crippen LogP contribution in [0.3, 0.4) is 0 Å². The topological polar surface area (TPSA) is 88.3 Å². The second-order valence-electron chi connectivity index (χ2n) is 4.01. The zero-order valence-electron chi connectivity index (χ0n) is 10.9. The van der Waals surface area contributed by atoms with Gasteiger partial charge in [0.2, 0.25) is 5.56 Å².